The summed E-state index contributed by atoms with van der Waals surface area (Å²) in [6.07, 6.45) is 0. The fourth-order valence-electron chi connectivity index (χ4n) is 2.38. The van der Waals surface area contributed by atoms with E-state index >= 15 is 0 Å². The molecule has 2 aromatic rings. The van der Waals surface area contributed by atoms with Gasteiger partial charge >= 0.3 is 0 Å². The smallest absolute Gasteiger partial charge is 0.245 e. The fraction of sp³-hybridized carbons (Fsp3) is 0.312. The van der Waals surface area contributed by atoms with E-state index in [4.69, 9.17) is 5.73 Å². The molecule has 2 amide bonds. The van der Waals surface area contributed by atoms with Crippen molar-refractivity contribution in [2.24, 2.45) is 5.73 Å². The van der Waals surface area contributed by atoms with Crippen molar-refractivity contribution >= 4 is 11.8 Å². The molecule has 6 heteroatoms. The number of benzene rings is 1. The zero-order valence-corrected chi connectivity index (χ0v) is 12.9. The van der Waals surface area contributed by atoms with Crippen LogP contribution in [-0.2, 0) is 9.59 Å². The van der Waals surface area contributed by atoms with Crippen LogP contribution in [0, 0.1) is 13.8 Å². The molecular formula is C16H20N4O2. The molecule has 1 heterocycles. The van der Waals surface area contributed by atoms with Crippen LogP contribution in [0.3, 0.4) is 0 Å². The number of amides is 2. The van der Waals surface area contributed by atoms with Crippen LogP contribution in [0.25, 0.3) is 0 Å². The number of nitrogens with zero attached hydrogens (tertiary/aromatic N) is 2. The molecule has 1 aromatic heterocycles. The van der Waals surface area contributed by atoms with Gasteiger partial charge in [-0.15, -0.1) is 0 Å². The predicted octanol–water partition coefficient (Wildman–Crippen LogP) is 1.40. The first-order valence-corrected chi connectivity index (χ1v) is 7.07. The normalized spacial score (nSPS) is 13.4. The van der Waals surface area contributed by atoms with E-state index in [0.29, 0.717) is 5.56 Å². The van der Waals surface area contributed by atoms with E-state index < -0.39 is 18.0 Å². The van der Waals surface area contributed by atoms with Crippen LogP contribution in [0.1, 0.15) is 36.0 Å². The van der Waals surface area contributed by atoms with Crippen LogP contribution in [0.2, 0.25) is 0 Å². The number of nitrogens with one attached hydrogen (secondary N) is 1. The molecule has 0 aliphatic rings. The molecular weight excluding hydrogens is 280 g/mol. The van der Waals surface area contributed by atoms with Gasteiger partial charge in [0.2, 0.25) is 11.8 Å². The molecule has 116 valence electrons. The van der Waals surface area contributed by atoms with Crippen molar-refractivity contribution in [3.05, 3.63) is 53.3 Å². The monoisotopic (exact) mass is 300 g/mol. The molecule has 0 radical (unpaired) electrons. The lowest BCUT2D eigenvalue weighted by molar-refractivity contribution is -0.129. The molecule has 2 atom stereocenters. The minimum Gasteiger partial charge on any atom is -0.368 e. The highest BCUT2D eigenvalue weighted by Crippen LogP contribution is 2.15. The largest absolute Gasteiger partial charge is 0.368 e. The SMILES string of the molecule is Cc1cc(C)n([C@@H](C)C(=O)N[C@H](C(N)=O)c2ccccc2)n1. The van der Waals surface area contributed by atoms with Crippen LogP contribution in [-0.4, -0.2) is 21.6 Å². The number of hydrogen-bond donors (Lipinski definition) is 2. The topological polar surface area (TPSA) is 90.0 Å². The van der Waals surface area contributed by atoms with E-state index in [1.807, 2.05) is 26.0 Å². The van der Waals surface area contributed by atoms with E-state index in [0.717, 1.165) is 11.4 Å². The molecule has 0 saturated carbocycles. The van der Waals surface area contributed by atoms with Gasteiger partial charge in [0.1, 0.15) is 12.1 Å². The van der Waals surface area contributed by atoms with Gasteiger partial charge in [0.15, 0.2) is 0 Å². The summed E-state index contributed by atoms with van der Waals surface area (Å²) in [6, 6.07) is 9.44. The summed E-state index contributed by atoms with van der Waals surface area (Å²) in [5.74, 6) is -0.904. The summed E-state index contributed by atoms with van der Waals surface area (Å²) in [5, 5.41) is 6.99. The average molecular weight is 300 g/mol. The zero-order chi connectivity index (χ0) is 16.3. The Labute approximate surface area is 129 Å². The lowest BCUT2D eigenvalue weighted by Crippen LogP contribution is -2.40. The molecule has 22 heavy (non-hydrogen) atoms. The van der Waals surface area contributed by atoms with Crippen molar-refractivity contribution in [1.29, 1.82) is 0 Å². The van der Waals surface area contributed by atoms with E-state index in [-0.39, 0.29) is 5.91 Å². The highest BCUT2D eigenvalue weighted by atomic mass is 16.2. The van der Waals surface area contributed by atoms with Crippen molar-refractivity contribution in [1.82, 2.24) is 15.1 Å². The molecule has 0 aliphatic carbocycles. The van der Waals surface area contributed by atoms with Crippen molar-refractivity contribution in [2.75, 3.05) is 0 Å². The third kappa shape index (κ3) is 3.33. The highest BCUT2D eigenvalue weighted by Gasteiger charge is 2.24. The lowest BCUT2D eigenvalue weighted by atomic mass is 10.1. The number of carbonyl (C=O) groups excluding carboxylic acids is 2. The standard InChI is InChI=1S/C16H20N4O2/c1-10-9-11(2)20(19-10)12(3)16(22)18-14(15(17)21)13-7-5-4-6-8-13/h4-9,12,14H,1-3H3,(H2,17,21)(H,18,22)/t12-,14-/m0/s1. The Bertz CT molecular complexity index is 679. The third-order valence-corrected chi connectivity index (χ3v) is 3.49. The van der Waals surface area contributed by atoms with Crippen LogP contribution >= 0.6 is 0 Å². The quantitative estimate of drug-likeness (QED) is 0.874. The van der Waals surface area contributed by atoms with Gasteiger partial charge in [-0.1, -0.05) is 30.3 Å². The first-order chi connectivity index (χ1) is 10.4. The van der Waals surface area contributed by atoms with Crippen LogP contribution in [0.4, 0.5) is 0 Å². The van der Waals surface area contributed by atoms with Crippen LogP contribution in [0.15, 0.2) is 36.4 Å². The van der Waals surface area contributed by atoms with Crippen LogP contribution < -0.4 is 11.1 Å². The number of rotatable bonds is 5. The Hall–Kier alpha value is -2.63. The number of primary amides is 1. The van der Waals surface area contributed by atoms with Gasteiger partial charge in [0.25, 0.3) is 0 Å². The molecule has 0 spiro atoms. The molecule has 0 unspecified atom stereocenters. The highest BCUT2D eigenvalue weighted by molar-refractivity contribution is 5.89. The second kappa shape index (κ2) is 6.43. The second-order valence-corrected chi connectivity index (χ2v) is 5.30. The molecule has 1 aromatic carbocycles. The number of aryl methyl sites for hydroxylation is 2. The zero-order valence-electron chi connectivity index (χ0n) is 12.9. The van der Waals surface area contributed by atoms with Gasteiger partial charge in [-0.2, -0.15) is 5.10 Å². The summed E-state index contributed by atoms with van der Waals surface area (Å²) in [5.41, 5.74) is 7.79. The first kappa shape index (κ1) is 15.8. The summed E-state index contributed by atoms with van der Waals surface area (Å²) in [6.45, 7) is 5.48. The maximum Gasteiger partial charge on any atom is 0.245 e. The van der Waals surface area contributed by atoms with Gasteiger partial charge in [-0.05, 0) is 32.4 Å². The molecule has 0 fully saturated rings. The number of hydrogen-bond acceptors (Lipinski definition) is 3. The van der Waals surface area contributed by atoms with Crippen molar-refractivity contribution in [3.8, 4) is 0 Å². The Kier molecular flexibility index (Phi) is 4.60. The molecule has 0 aliphatic heterocycles. The number of aromatic nitrogens is 2. The Morgan fingerprint density at radius 3 is 2.36 bits per heavy atom. The average Bonchev–Trinajstić information content (AvgIpc) is 2.83. The number of nitrogens with two attached hydrogens (primary N) is 1. The molecule has 0 saturated heterocycles. The van der Waals surface area contributed by atoms with Gasteiger partial charge in [0.05, 0.1) is 5.69 Å². The van der Waals surface area contributed by atoms with E-state index in [1.165, 1.54) is 0 Å². The molecule has 2 rings (SSSR count). The van der Waals surface area contributed by atoms with E-state index in [9.17, 15) is 9.59 Å². The second-order valence-electron chi connectivity index (χ2n) is 5.30. The van der Waals surface area contributed by atoms with Crippen molar-refractivity contribution in [3.63, 3.8) is 0 Å². The molecule has 0 bridgehead atoms. The molecule has 3 N–H and O–H groups in total. The summed E-state index contributed by atoms with van der Waals surface area (Å²) >= 11 is 0. The fourth-order valence-corrected chi connectivity index (χ4v) is 2.38. The Morgan fingerprint density at radius 2 is 1.86 bits per heavy atom. The first-order valence-electron chi connectivity index (χ1n) is 7.07. The summed E-state index contributed by atoms with van der Waals surface area (Å²) in [4.78, 5) is 24.1. The van der Waals surface area contributed by atoms with Gasteiger partial charge in [-0.3, -0.25) is 14.3 Å². The summed E-state index contributed by atoms with van der Waals surface area (Å²) in [7, 11) is 0. The van der Waals surface area contributed by atoms with Gasteiger partial charge in [-0.25, -0.2) is 0 Å². The minimum atomic E-state index is -0.854. The van der Waals surface area contributed by atoms with Gasteiger partial charge < -0.3 is 11.1 Å². The van der Waals surface area contributed by atoms with E-state index in [1.54, 1.807) is 35.9 Å². The predicted molar refractivity (Wildman–Crippen MR) is 82.9 cm³/mol. The summed E-state index contributed by atoms with van der Waals surface area (Å²) < 4.78 is 1.63. The minimum absolute atomic E-state index is 0.307. The Balaban J connectivity index is 2.18. The number of carbonyl (C=O) groups is 2. The van der Waals surface area contributed by atoms with Gasteiger partial charge in [0, 0.05) is 5.69 Å². The lowest BCUT2D eigenvalue weighted by Gasteiger charge is -2.20. The van der Waals surface area contributed by atoms with Crippen molar-refractivity contribution < 1.29 is 9.59 Å². The Morgan fingerprint density at radius 1 is 1.23 bits per heavy atom. The van der Waals surface area contributed by atoms with Crippen LogP contribution in [0.5, 0.6) is 0 Å². The maximum atomic E-state index is 12.4. The maximum absolute atomic E-state index is 12.4. The van der Waals surface area contributed by atoms with E-state index in [2.05, 4.69) is 10.4 Å². The van der Waals surface area contributed by atoms with Crippen molar-refractivity contribution in [2.45, 2.75) is 32.9 Å². The molecule has 6 nitrogen and oxygen atoms in total. The third-order valence-electron chi connectivity index (χ3n) is 3.49.